The molecule has 112 valence electrons. The van der Waals surface area contributed by atoms with Gasteiger partial charge in [-0.2, -0.15) is 5.26 Å². The molecular weight excluding hydrogens is 290 g/mol. The Morgan fingerprint density at radius 1 is 1.19 bits per heavy atom. The van der Waals surface area contributed by atoms with E-state index < -0.39 is 11.5 Å². The summed E-state index contributed by atoms with van der Waals surface area (Å²) >= 11 is 6.18. The van der Waals surface area contributed by atoms with Gasteiger partial charge in [0.2, 0.25) is 6.79 Å². The second-order valence-electron chi connectivity index (χ2n) is 5.82. The van der Waals surface area contributed by atoms with Crippen molar-refractivity contribution in [2.24, 2.45) is 5.41 Å². The van der Waals surface area contributed by atoms with Crippen LogP contribution in [0.15, 0.2) is 12.1 Å². The van der Waals surface area contributed by atoms with Crippen molar-refractivity contribution < 1.29 is 14.6 Å². The zero-order valence-electron chi connectivity index (χ0n) is 11.8. The van der Waals surface area contributed by atoms with E-state index in [1.54, 1.807) is 12.1 Å². The maximum atomic E-state index is 10.8. The van der Waals surface area contributed by atoms with Gasteiger partial charge in [0.1, 0.15) is 0 Å². The number of nitrogens with zero attached hydrogens (tertiary/aromatic N) is 1. The number of aliphatic hydroxyl groups is 1. The van der Waals surface area contributed by atoms with Gasteiger partial charge in [0.25, 0.3) is 0 Å². The summed E-state index contributed by atoms with van der Waals surface area (Å²) in [5.41, 5.74) is -0.0965. The summed E-state index contributed by atoms with van der Waals surface area (Å²) in [6, 6.07) is 5.80. The summed E-state index contributed by atoms with van der Waals surface area (Å²) in [5.74, 6) is 1.05. The SMILES string of the molecule is N#CC1(C(O)c2cc(Cl)c3c(c2)OCO3)CCCCCC1. The summed E-state index contributed by atoms with van der Waals surface area (Å²) in [7, 11) is 0. The predicted octanol–water partition coefficient (Wildman–Crippen LogP) is 3.97. The molecular formula is C16H18ClNO3. The average Bonchev–Trinajstić information content (AvgIpc) is 2.84. The fourth-order valence-electron chi connectivity index (χ4n) is 3.27. The number of halogens is 1. The zero-order chi connectivity index (χ0) is 14.9. The van der Waals surface area contributed by atoms with Gasteiger partial charge in [-0.25, -0.2) is 0 Å². The van der Waals surface area contributed by atoms with Gasteiger partial charge in [0.05, 0.1) is 22.6 Å². The lowest BCUT2D eigenvalue weighted by Crippen LogP contribution is -2.27. The molecule has 0 aromatic heterocycles. The number of nitriles is 1. The molecule has 1 aliphatic carbocycles. The lowest BCUT2D eigenvalue weighted by molar-refractivity contribution is 0.0515. The lowest BCUT2D eigenvalue weighted by atomic mass is 9.74. The normalized spacial score (nSPS) is 21.4. The molecule has 1 heterocycles. The number of hydrogen-bond donors (Lipinski definition) is 1. The maximum absolute atomic E-state index is 10.8. The van der Waals surface area contributed by atoms with Crippen molar-refractivity contribution in [2.45, 2.75) is 44.6 Å². The van der Waals surface area contributed by atoms with Crippen LogP contribution >= 0.6 is 11.6 Å². The third kappa shape index (κ3) is 2.56. The molecule has 0 spiro atoms. The van der Waals surface area contributed by atoms with Crippen LogP contribution in [0.4, 0.5) is 0 Å². The molecule has 21 heavy (non-hydrogen) atoms. The average molecular weight is 308 g/mol. The van der Waals surface area contributed by atoms with Crippen molar-refractivity contribution in [3.8, 4) is 17.6 Å². The van der Waals surface area contributed by atoms with Gasteiger partial charge in [-0.1, -0.05) is 37.3 Å². The van der Waals surface area contributed by atoms with Crippen LogP contribution in [0.5, 0.6) is 11.5 Å². The van der Waals surface area contributed by atoms with Gasteiger partial charge in [-0.3, -0.25) is 0 Å². The lowest BCUT2D eigenvalue weighted by Gasteiger charge is -2.31. The van der Waals surface area contributed by atoms with Gasteiger partial charge in [0, 0.05) is 0 Å². The summed E-state index contributed by atoms with van der Waals surface area (Å²) in [4.78, 5) is 0. The molecule has 1 unspecified atom stereocenters. The molecule has 1 saturated carbocycles. The van der Waals surface area contributed by atoms with Crippen LogP contribution in [0, 0.1) is 16.7 Å². The van der Waals surface area contributed by atoms with Crippen LogP contribution in [0.2, 0.25) is 5.02 Å². The Bertz CT molecular complexity index is 574. The number of ether oxygens (including phenoxy) is 2. The summed E-state index contributed by atoms with van der Waals surface area (Å²) in [5, 5.41) is 20.9. The quantitative estimate of drug-likeness (QED) is 0.840. The third-order valence-corrected chi connectivity index (χ3v) is 4.79. The highest BCUT2D eigenvalue weighted by atomic mass is 35.5. The van der Waals surface area contributed by atoms with Gasteiger partial charge < -0.3 is 14.6 Å². The monoisotopic (exact) mass is 307 g/mol. The molecule has 1 atom stereocenters. The molecule has 0 saturated heterocycles. The van der Waals surface area contributed by atoms with Crippen LogP contribution in [0.3, 0.4) is 0 Å². The van der Waals surface area contributed by atoms with E-state index in [2.05, 4.69) is 6.07 Å². The van der Waals surface area contributed by atoms with Crippen LogP contribution in [-0.2, 0) is 0 Å². The second kappa shape index (κ2) is 5.75. The number of hydrogen-bond acceptors (Lipinski definition) is 4. The van der Waals surface area contributed by atoms with E-state index in [1.165, 1.54) is 0 Å². The van der Waals surface area contributed by atoms with Crippen LogP contribution in [-0.4, -0.2) is 11.9 Å². The molecule has 2 aliphatic rings. The molecule has 1 aliphatic heterocycles. The Balaban J connectivity index is 1.95. The van der Waals surface area contributed by atoms with Crippen molar-refractivity contribution in [1.82, 2.24) is 0 Å². The van der Waals surface area contributed by atoms with Crippen LogP contribution in [0.25, 0.3) is 0 Å². The maximum Gasteiger partial charge on any atom is 0.231 e. The number of rotatable bonds is 2. The largest absolute Gasteiger partial charge is 0.454 e. The fraction of sp³-hybridized carbons (Fsp3) is 0.562. The highest BCUT2D eigenvalue weighted by Crippen LogP contribution is 2.48. The number of benzene rings is 1. The van der Waals surface area contributed by atoms with E-state index in [0.29, 0.717) is 22.1 Å². The minimum absolute atomic E-state index is 0.137. The highest BCUT2D eigenvalue weighted by molar-refractivity contribution is 6.32. The smallest absolute Gasteiger partial charge is 0.231 e. The molecule has 1 fully saturated rings. The topological polar surface area (TPSA) is 62.5 Å². The Morgan fingerprint density at radius 2 is 1.90 bits per heavy atom. The van der Waals surface area contributed by atoms with Gasteiger partial charge >= 0.3 is 0 Å². The number of aliphatic hydroxyl groups excluding tert-OH is 1. The standard InChI is InChI=1S/C16H18ClNO3/c17-12-7-11(8-13-14(12)21-10-20-13)15(19)16(9-18)5-3-1-2-4-6-16/h7-8,15,19H,1-6,10H2. The van der Waals surface area contributed by atoms with E-state index in [1.807, 2.05) is 0 Å². The zero-order valence-corrected chi connectivity index (χ0v) is 12.5. The van der Waals surface area contributed by atoms with Crippen molar-refractivity contribution in [3.05, 3.63) is 22.7 Å². The Labute approximate surface area is 129 Å². The molecule has 1 N–H and O–H groups in total. The molecule has 1 aromatic carbocycles. The van der Waals surface area contributed by atoms with Crippen molar-refractivity contribution in [2.75, 3.05) is 6.79 Å². The van der Waals surface area contributed by atoms with E-state index >= 15 is 0 Å². The first kappa shape index (κ1) is 14.5. The highest BCUT2D eigenvalue weighted by Gasteiger charge is 2.40. The van der Waals surface area contributed by atoms with Crippen LogP contribution in [0.1, 0.15) is 50.2 Å². The molecule has 3 rings (SSSR count). The fourth-order valence-corrected chi connectivity index (χ4v) is 3.54. The molecule has 4 nitrogen and oxygen atoms in total. The molecule has 1 aromatic rings. The molecule has 0 amide bonds. The summed E-state index contributed by atoms with van der Waals surface area (Å²) in [6.07, 6.45) is 4.78. The Morgan fingerprint density at radius 3 is 2.57 bits per heavy atom. The van der Waals surface area contributed by atoms with Crippen molar-refractivity contribution in [1.29, 1.82) is 5.26 Å². The molecule has 0 bridgehead atoms. The minimum atomic E-state index is -0.854. The first-order valence-electron chi connectivity index (χ1n) is 7.35. The van der Waals surface area contributed by atoms with Crippen LogP contribution < -0.4 is 9.47 Å². The second-order valence-corrected chi connectivity index (χ2v) is 6.23. The van der Waals surface area contributed by atoms with Gasteiger partial charge in [0.15, 0.2) is 11.5 Å². The van der Waals surface area contributed by atoms with E-state index in [-0.39, 0.29) is 6.79 Å². The third-order valence-electron chi connectivity index (χ3n) is 4.51. The molecule has 5 heteroatoms. The van der Waals surface area contributed by atoms with Crippen molar-refractivity contribution in [3.63, 3.8) is 0 Å². The van der Waals surface area contributed by atoms with E-state index in [4.69, 9.17) is 21.1 Å². The van der Waals surface area contributed by atoms with Gasteiger partial charge in [-0.05, 0) is 30.5 Å². The summed E-state index contributed by atoms with van der Waals surface area (Å²) < 4.78 is 10.6. The van der Waals surface area contributed by atoms with E-state index in [0.717, 1.165) is 38.5 Å². The Hall–Kier alpha value is -1.44. The number of fused-ring (bicyclic) bond motifs is 1. The van der Waals surface area contributed by atoms with Gasteiger partial charge in [-0.15, -0.1) is 0 Å². The van der Waals surface area contributed by atoms with E-state index in [9.17, 15) is 10.4 Å². The van der Waals surface area contributed by atoms with Crippen molar-refractivity contribution >= 4 is 11.6 Å². The first-order valence-corrected chi connectivity index (χ1v) is 7.72. The predicted molar refractivity (Wildman–Crippen MR) is 78.3 cm³/mol. The summed E-state index contributed by atoms with van der Waals surface area (Å²) in [6.45, 7) is 0.137. The first-order chi connectivity index (χ1) is 10.2. The Kier molecular flexibility index (Phi) is 3.97. The molecule has 0 radical (unpaired) electrons. The minimum Gasteiger partial charge on any atom is -0.454 e.